The predicted molar refractivity (Wildman–Crippen MR) is 146 cm³/mol. The third kappa shape index (κ3) is 10.5. The zero-order valence-corrected chi connectivity index (χ0v) is 23.3. The van der Waals surface area contributed by atoms with Crippen LogP contribution in [0.1, 0.15) is 103 Å². The third-order valence-corrected chi connectivity index (χ3v) is 7.42. The van der Waals surface area contributed by atoms with Crippen LogP contribution < -0.4 is 4.74 Å². The van der Waals surface area contributed by atoms with Crippen LogP contribution in [0.2, 0.25) is 0 Å². The second kappa shape index (κ2) is 16.0. The van der Waals surface area contributed by atoms with E-state index in [1.54, 1.807) is 0 Å². The summed E-state index contributed by atoms with van der Waals surface area (Å²) in [5.74, 6) is 1.92. The number of halogens is 2. The molecule has 1 aliphatic rings. The Hall–Kier alpha value is -0.740. The van der Waals surface area contributed by atoms with Crippen LogP contribution >= 0.6 is 31.9 Å². The smallest absolute Gasteiger partial charge is 0.119 e. The summed E-state index contributed by atoms with van der Waals surface area (Å²) >= 11 is 7.73. The van der Waals surface area contributed by atoms with Crippen molar-refractivity contribution in [3.05, 3.63) is 47.7 Å². The highest BCUT2D eigenvalue weighted by Gasteiger charge is 2.31. The molecule has 0 aromatic heterocycles. The lowest BCUT2D eigenvalue weighted by Crippen LogP contribution is -2.17. The molecule has 0 unspecified atom stereocenters. The SMILES string of the molecule is CCCCCCCCOC1=CCC(Br)(Br)C(c2cccc(OCCCCCCCC)c2)=C1. The average Bonchev–Trinajstić information content (AvgIpc) is 2.79. The molecule has 2 nitrogen and oxygen atoms in total. The zero-order chi connectivity index (χ0) is 23.1. The lowest BCUT2D eigenvalue weighted by atomic mass is 9.96. The van der Waals surface area contributed by atoms with Gasteiger partial charge in [-0.25, -0.2) is 0 Å². The van der Waals surface area contributed by atoms with Crippen LogP contribution in [0, 0.1) is 0 Å². The number of allylic oxidation sites excluding steroid dienone is 3. The molecule has 0 fully saturated rings. The Bertz CT molecular complexity index is 709. The van der Waals surface area contributed by atoms with Crippen LogP contribution in [0.25, 0.3) is 5.57 Å². The summed E-state index contributed by atoms with van der Waals surface area (Å²) in [7, 11) is 0. The molecule has 0 N–H and O–H groups in total. The van der Waals surface area contributed by atoms with E-state index in [-0.39, 0.29) is 3.23 Å². The molecule has 0 radical (unpaired) electrons. The van der Waals surface area contributed by atoms with Crippen molar-refractivity contribution < 1.29 is 9.47 Å². The van der Waals surface area contributed by atoms with Gasteiger partial charge in [0.2, 0.25) is 0 Å². The van der Waals surface area contributed by atoms with Gasteiger partial charge >= 0.3 is 0 Å². The van der Waals surface area contributed by atoms with Gasteiger partial charge in [-0.05, 0) is 54.7 Å². The van der Waals surface area contributed by atoms with Gasteiger partial charge in [0.25, 0.3) is 0 Å². The maximum absolute atomic E-state index is 6.10. The van der Waals surface area contributed by atoms with Crippen molar-refractivity contribution in [1.29, 1.82) is 0 Å². The van der Waals surface area contributed by atoms with Crippen molar-refractivity contribution in [3.63, 3.8) is 0 Å². The Morgan fingerprint density at radius 2 is 1.38 bits per heavy atom. The first-order valence-corrected chi connectivity index (χ1v) is 14.3. The molecule has 0 amide bonds. The summed E-state index contributed by atoms with van der Waals surface area (Å²) in [4.78, 5) is 0. The van der Waals surface area contributed by atoms with Crippen molar-refractivity contribution in [2.24, 2.45) is 0 Å². The van der Waals surface area contributed by atoms with Gasteiger partial charge in [0.05, 0.1) is 13.2 Å². The minimum atomic E-state index is -0.273. The zero-order valence-electron chi connectivity index (χ0n) is 20.1. The topological polar surface area (TPSA) is 18.5 Å². The Morgan fingerprint density at radius 3 is 2.03 bits per heavy atom. The van der Waals surface area contributed by atoms with Crippen molar-refractivity contribution in [2.45, 2.75) is 101 Å². The van der Waals surface area contributed by atoms with Crippen LogP contribution in [-0.2, 0) is 4.74 Å². The van der Waals surface area contributed by atoms with Crippen LogP contribution in [0.4, 0.5) is 0 Å². The van der Waals surface area contributed by atoms with E-state index >= 15 is 0 Å². The monoisotopic (exact) mass is 568 g/mol. The van der Waals surface area contributed by atoms with Gasteiger partial charge in [0.15, 0.2) is 0 Å². The molecule has 32 heavy (non-hydrogen) atoms. The number of alkyl halides is 2. The normalized spacial score (nSPS) is 15.2. The molecular weight excluding hydrogens is 528 g/mol. The van der Waals surface area contributed by atoms with Gasteiger partial charge in [0.1, 0.15) is 14.7 Å². The molecular formula is C28H42Br2O2. The first-order valence-electron chi connectivity index (χ1n) is 12.7. The number of hydrogen-bond donors (Lipinski definition) is 0. The molecule has 1 aromatic rings. The fourth-order valence-corrected chi connectivity index (χ4v) is 4.95. The van der Waals surface area contributed by atoms with E-state index in [1.165, 1.54) is 69.8 Å². The number of unbranched alkanes of at least 4 members (excludes halogenated alkanes) is 10. The van der Waals surface area contributed by atoms with Crippen LogP contribution in [-0.4, -0.2) is 16.4 Å². The average molecular weight is 570 g/mol. The quantitative estimate of drug-likeness (QED) is 0.137. The summed E-state index contributed by atoms with van der Waals surface area (Å²) in [5.41, 5.74) is 2.34. The van der Waals surface area contributed by atoms with Gasteiger partial charge in [-0.2, -0.15) is 0 Å². The molecule has 2 rings (SSSR count). The van der Waals surface area contributed by atoms with E-state index < -0.39 is 0 Å². The molecule has 1 aliphatic carbocycles. The lowest BCUT2D eigenvalue weighted by Gasteiger charge is -2.28. The Kier molecular flexibility index (Phi) is 13.7. The molecule has 0 spiro atoms. The van der Waals surface area contributed by atoms with E-state index in [0.29, 0.717) is 0 Å². The fraction of sp³-hybridized carbons (Fsp3) is 0.643. The van der Waals surface area contributed by atoms with Gasteiger partial charge in [-0.15, -0.1) is 0 Å². The Morgan fingerprint density at radius 1 is 0.781 bits per heavy atom. The molecule has 0 saturated carbocycles. The van der Waals surface area contributed by atoms with Crippen molar-refractivity contribution in [2.75, 3.05) is 13.2 Å². The number of benzene rings is 1. The molecule has 0 aliphatic heterocycles. The van der Waals surface area contributed by atoms with Crippen LogP contribution in [0.5, 0.6) is 5.75 Å². The predicted octanol–water partition coefficient (Wildman–Crippen LogP) is 9.96. The summed E-state index contributed by atoms with van der Waals surface area (Å²) in [6.07, 6.45) is 20.5. The highest BCUT2D eigenvalue weighted by Crippen LogP contribution is 2.47. The maximum atomic E-state index is 6.10. The number of rotatable bonds is 17. The Labute approximate surface area is 213 Å². The molecule has 180 valence electrons. The van der Waals surface area contributed by atoms with Gasteiger partial charge in [-0.1, -0.05) is 122 Å². The summed E-state index contributed by atoms with van der Waals surface area (Å²) < 4.78 is 11.9. The van der Waals surface area contributed by atoms with E-state index in [2.05, 4.69) is 82.1 Å². The molecule has 4 heteroatoms. The van der Waals surface area contributed by atoms with Crippen LogP contribution in [0.3, 0.4) is 0 Å². The van der Waals surface area contributed by atoms with Crippen LogP contribution in [0.15, 0.2) is 42.2 Å². The number of hydrogen-bond acceptors (Lipinski definition) is 2. The minimum Gasteiger partial charge on any atom is -0.494 e. The van der Waals surface area contributed by atoms with E-state index in [9.17, 15) is 0 Å². The molecule has 0 heterocycles. The summed E-state index contributed by atoms with van der Waals surface area (Å²) in [6, 6.07) is 8.44. The van der Waals surface area contributed by atoms with Gasteiger partial charge in [0, 0.05) is 0 Å². The molecule has 0 bridgehead atoms. The first-order chi connectivity index (χ1) is 15.6. The second-order valence-electron chi connectivity index (χ2n) is 8.83. The maximum Gasteiger partial charge on any atom is 0.119 e. The summed E-state index contributed by atoms with van der Waals surface area (Å²) in [5, 5.41) is 0. The van der Waals surface area contributed by atoms with Gasteiger partial charge < -0.3 is 9.47 Å². The van der Waals surface area contributed by atoms with Gasteiger partial charge in [-0.3, -0.25) is 0 Å². The van der Waals surface area contributed by atoms with E-state index in [1.807, 2.05) is 0 Å². The van der Waals surface area contributed by atoms with E-state index in [0.717, 1.165) is 49.5 Å². The first kappa shape index (κ1) is 27.5. The standard InChI is InChI=1S/C28H42Br2O2/c1-3-5-7-9-11-13-20-31-25-17-15-16-24(22-25)27-23-26(18-19-28(27,29)30)32-21-14-12-10-8-6-4-2/h15-18,22-23H,3-14,19-21H2,1-2H3. The minimum absolute atomic E-state index is 0.273. The molecule has 0 saturated heterocycles. The van der Waals surface area contributed by atoms with E-state index in [4.69, 9.17) is 9.47 Å². The lowest BCUT2D eigenvalue weighted by molar-refractivity contribution is 0.215. The fourth-order valence-electron chi connectivity index (χ4n) is 3.94. The third-order valence-electron chi connectivity index (χ3n) is 5.92. The van der Waals surface area contributed by atoms with Crippen molar-refractivity contribution >= 4 is 37.4 Å². The Balaban J connectivity index is 1.86. The molecule has 1 aromatic carbocycles. The molecule has 0 atom stereocenters. The van der Waals surface area contributed by atoms with Crippen molar-refractivity contribution in [1.82, 2.24) is 0 Å². The van der Waals surface area contributed by atoms with Crippen molar-refractivity contribution in [3.8, 4) is 5.75 Å². The highest BCUT2D eigenvalue weighted by molar-refractivity contribution is 9.25. The summed E-state index contributed by atoms with van der Waals surface area (Å²) in [6.45, 7) is 6.09. The highest BCUT2D eigenvalue weighted by atomic mass is 79.9. The largest absolute Gasteiger partial charge is 0.494 e. The number of ether oxygens (including phenoxy) is 2. The second-order valence-corrected chi connectivity index (χ2v) is 12.6.